The van der Waals surface area contributed by atoms with E-state index < -0.39 is 12.0 Å². The number of aromatic nitrogens is 4. The Hall–Kier alpha value is -3.59. The third-order valence-corrected chi connectivity index (χ3v) is 5.14. The van der Waals surface area contributed by atoms with Gasteiger partial charge in [0, 0.05) is 10.7 Å². The number of nitrogens with one attached hydrogen (secondary N) is 1. The van der Waals surface area contributed by atoms with Crippen molar-refractivity contribution in [1.29, 1.82) is 0 Å². The maximum Gasteiger partial charge on any atom is 0.338 e. The number of nitrogens with zero attached hydrogens (tertiary/aromatic N) is 4. The highest BCUT2D eigenvalue weighted by atomic mass is 35.5. The molecule has 1 atom stereocenters. The van der Waals surface area contributed by atoms with E-state index in [-0.39, 0.29) is 0 Å². The first kappa shape index (κ1) is 20.7. The summed E-state index contributed by atoms with van der Waals surface area (Å²) >= 11 is 6.04. The molecule has 0 saturated carbocycles. The Morgan fingerprint density at radius 2 is 2.03 bits per heavy atom. The standard InChI is InChI=1S/C21H20ClN5O4/c1-12-18(20(28)30-3)19(27-21(23-12)24-25-26-27)14-7-8-16(17(10-14)29-2)31-11-13-5-4-6-15(22)9-13/h4-10,19H,11H2,1-3H3,(H,23,24,26). The van der Waals surface area contributed by atoms with Gasteiger partial charge in [-0.15, -0.1) is 0 Å². The van der Waals surface area contributed by atoms with E-state index in [0.29, 0.717) is 40.3 Å². The average molecular weight is 442 g/mol. The Kier molecular flexibility index (Phi) is 5.77. The smallest absolute Gasteiger partial charge is 0.338 e. The number of rotatable bonds is 6. The van der Waals surface area contributed by atoms with Crippen LogP contribution in [0.25, 0.3) is 0 Å². The number of hydrogen-bond donors (Lipinski definition) is 1. The van der Waals surface area contributed by atoms with Crippen molar-refractivity contribution in [2.75, 3.05) is 19.5 Å². The highest BCUT2D eigenvalue weighted by molar-refractivity contribution is 6.30. The van der Waals surface area contributed by atoms with Crippen molar-refractivity contribution in [2.45, 2.75) is 19.6 Å². The summed E-state index contributed by atoms with van der Waals surface area (Å²) in [6, 6.07) is 12.3. The molecule has 0 fully saturated rings. The molecule has 4 rings (SSSR count). The van der Waals surface area contributed by atoms with Gasteiger partial charge in [0.15, 0.2) is 11.5 Å². The molecule has 0 aliphatic carbocycles. The van der Waals surface area contributed by atoms with Gasteiger partial charge >= 0.3 is 5.97 Å². The van der Waals surface area contributed by atoms with Crippen molar-refractivity contribution in [2.24, 2.45) is 0 Å². The van der Waals surface area contributed by atoms with E-state index in [1.165, 1.54) is 11.8 Å². The molecule has 0 amide bonds. The van der Waals surface area contributed by atoms with Gasteiger partial charge in [-0.3, -0.25) is 0 Å². The van der Waals surface area contributed by atoms with E-state index in [2.05, 4.69) is 20.8 Å². The fraction of sp³-hybridized carbons (Fsp3) is 0.238. The molecule has 1 N–H and O–H groups in total. The fourth-order valence-corrected chi connectivity index (χ4v) is 3.67. The summed E-state index contributed by atoms with van der Waals surface area (Å²) in [5.41, 5.74) is 2.68. The highest BCUT2D eigenvalue weighted by Crippen LogP contribution is 2.38. The molecule has 0 radical (unpaired) electrons. The molecule has 31 heavy (non-hydrogen) atoms. The van der Waals surface area contributed by atoms with Crippen LogP contribution in [0.1, 0.15) is 24.1 Å². The van der Waals surface area contributed by atoms with E-state index in [0.717, 1.165) is 11.1 Å². The first-order chi connectivity index (χ1) is 15.0. The number of tetrazole rings is 1. The van der Waals surface area contributed by atoms with Gasteiger partial charge in [0.2, 0.25) is 5.95 Å². The van der Waals surface area contributed by atoms with Gasteiger partial charge in [-0.05, 0) is 52.7 Å². The molecule has 10 heteroatoms. The third kappa shape index (κ3) is 4.04. The fourth-order valence-electron chi connectivity index (χ4n) is 3.46. The number of esters is 1. The minimum atomic E-state index is -0.588. The van der Waals surface area contributed by atoms with Crippen LogP contribution in [0.3, 0.4) is 0 Å². The lowest BCUT2D eigenvalue weighted by molar-refractivity contribution is -0.136. The molecule has 0 bridgehead atoms. The molecule has 1 unspecified atom stereocenters. The Bertz CT molecular complexity index is 1160. The molecule has 3 aromatic rings. The first-order valence-corrected chi connectivity index (χ1v) is 9.78. The van der Waals surface area contributed by atoms with Crippen LogP contribution < -0.4 is 14.8 Å². The molecule has 160 valence electrons. The molecule has 2 aromatic carbocycles. The number of methoxy groups -OCH3 is 2. The zero-order chi connectivity index (χ0) is 22.0. The van der Waals surface area contributed by atoms with Crippen molar-refractivity contribution in [3.05, 3.63) is 69.9 Å². The number of carbonyl (C=O) groups excluding carboxylic acids is 1. The average Bonchev–Trinajstić information content (AvgIpc) is 3.24. The number of hydrogen-bond acceptors (Lipinski definition) is 8. The number of anilines is 1. The van der Waals surface area contributed by atoms with Gasteiger partial charge in [-0.25, -0.2) is 4.79 Å². The Morgan fingerprint density at radius 3 is 2.77 bits per heavy atom. The maximum absolute atomic E-state index is 12.5. The lowest BCUT2D eigenvalue weighted by Crippen LogP contribution is -2.29. The minimum Gasteiger partial charge on any atom is -0.493 e. The van der Waals surface area contributed by atoms with E-state index in [1.54, 1.807) is 32.2 Å². The summed E-state index contributed by atoms with van der Waals surface area (Å²) in [5, 5.41) is 15.4. The zero-order valence-corrected chi connectivity index (χ0v) is 17.9. The summed E-state index contributed by atoms with van der Waals surface area (Å²) in [4.78, 5) is 12.5. The van der Waals surface area contributed by atoms with E-state index in [1.807, 2.05) is 24.3 Å². The highest BCUT2D eigenvalue weighted by Gasteiger charge is 2.35. The Balaban J connectivity index is 1.68. The molecule has 1 aliphatic rings. The summed E-state index contributed by atoms with van der Waals surface area (Å²) < 4.78 is 18.0. The molecular formula is C21H20ClN5O4. The Morgan fingerprint density at radius 1 is 1.19 bits per heavy atom. The van der Waals surface area contributed by atoms with Crippen molar-refractivity contribution in [1.82, 2.24) is 20.2 Å². The molecule has 0 spiro atoms. The summed E-state index contributed by atoms with van der Waals surface area (Å²) in [6.07, 6.45) is 0. The maximum atomic E-state index is 12.5. The normalized spacial score (nSPS) is 15.2. The van der Waals surface area contributed by atoms with Gasteiger partial charge in [0.1, 0.15) is 12.6 Å². The molecule has 1 aliphatic heterocycles. The zero-order valence-electron chi connectivity index (χ0n) is 17.1. The van der Waals surface area contributed by atoms with Crippen LogP contribution in [0.15, 0.2) is 53.7 Å². The molecule has 0 saturated heterocycles. The number of carbonyl (C=O) groups is 1. The van der Waals surface area contributed by atoms with Gasteiger partial charge in [0.05, 0.1) is 19.8 Å². The molecule has 2 heterocycles. The molecule has 1 aromatic heterocycles. The van der Waals surface area contributed by atoms with Crippen molar-refractivity contribution in [3.63, 3.8) is 0 Å². The SMILES string of the molecule is COC(=O)C1=C(C)Nc2nnnn2C1c1ccc(OCc2cccc(Cl)c2)c(OC)c1. The molecule has 9 nitrogen and oxygen atoms in total. The van der Waals surface area contributed by atoms with Gasteiger partial charge in [-0.1, -0.05) is 34.9 Å². The monoisotopic (exact) mass is 441 g/mol. The predicted octanol–water partition coefficient (Wildman–Crippen LogP) is 3.38. The van der Waals surface area contributed by atoms with Crippen LogP contribution in [0.5, 0.6) is 11.5 Å². The van der Waals surface area contributed by atoms with Crippen LogP contribution >= 0.6 is 11.6 Å². The van der Waals surface area contributed by atoms with Crippen LogP contribution in [-0.2, 0) is 16.1 Å². The summed E-state index contributed by atoms with van der Waals surface area (Å²) in [6.45, 7) is 2.10. The first-order valence-electron chi connectivity index (χ1n) is 9.41. The minimum absolute atomic E-state index is 0.327. The Labute approximate surface area is 183 Å². The van der Waals surface area contributed by atoms with Gasteiger partial charge in [0.25, 0.3) is 0 Å². The molecular weight excluding hydrogens is 422 g/mol. The number of benzene rings is 2. The quantitative estimate of drug-likeness (QED) is 0.581. The van der Waals surface area contributed by atoms with Crippen LogP contribution in [0.4, 0.5) is 5.95 Å². The second kappa shape index (κ2) is 8.65. The van der Waals surface area contributed by atoms with Crippen LogP contribution in [0.2, 0.25) is 5.02 Å². The summed E-state index contributed by atoms with van der Waals surface area (Å²) in [7, 11) is 2.89. The third-order valence-electron chi connectivity index (χ3n) is 4.91. The second-order valence-corrected chi connectivity index (χ2v) is 7.27. The van der Waals surface area contributed by atoms with E-state index in [4.69, 9.17) is 25.8 Å². The topological polar surface area (TPSA) is 100 Å². The van der Waals surface area contributed by atoms with Crippen molar-refractivity contribution >= 4 is 23.5 Å². The van der Waals surface area contributed by atoms with Gasteiger partial charge < -0.3 is 19.5 Å². The lowest BCUT2D eigenvalue weighted by Gasteiger charge is -2.27. The van der Waals surface area contributed by atoms with Crippen LogP contribution in [-0.4, -0.2) is 40.4 Å². The van der Waals surface area contributed by atoms with E-state index in [9.17, 15) is 4.79 Å². The largest absolute Gasteiger partial charge is 0.493 e. The number of fused-ring (bicyclic) bond motifs is 1. The van der Waals surface area contributed by atoms with Crippen LogP contribution in [0, 0.1) is 0 Å². The number of ether oxygens (including phenoxy) is 3. The lowest BCUT2D eigenvalue weighted by atomic mass is 9.95. The second-order valence-electron chi connectivity index (χ2n) is 6.83. The predicted molar refractivity (Wildman–Crippen MR) is 113 cm³/mol. The van der Waals surface area contributed by atoms with E-state index >= 15 is 0 Å². The van der Waals surface area contributed by atoms with Gasteiger partial charge in [-0.2, -0.15) is 4.68 Å². The van der Waals surface area contributed by atoms with Crippen molar-refractivity contribution < 1.29 is 19.0 Å². The van der Waals surface area contributed by atoms with Crippen molar-refractivity contribution in [3.8, 4) is 11.5 Å². The number of halogens is 1. The summed E-state index contributed by atoms with van der Waals surface area (Å²) in [5.74, 6) is 1.01. The number of allylic oxidation sites excluding steroid dienone is 1.